The van der Waals surface area contributed by atoms with Crippen molar-refractivity contribution < 1.29 is 4.79 Å². The molecule has 20 heavy (non-hydrogen) atoms. The number of rotatable bonds is 5. The van der Waals surface area contributed by atoms with Crippen LogP contribution in [-0.2, 0) is 11.2 Å². The molecule has 0 aliphatic rings. The molecular formula is C19H20O. The summed E-state index contributed by atoms with van der Waals surface area (Å²) in [6, 6.07) is 16.3. The van der Waals surface area contributed by atoms with Crippen molar-refractivity contribution in [2.45, 2.75) is 26.7 Å². The van der Waals surface area contributed by atoms with Gasteiger partial charge >= 0.3 is 0 Å². The Morgan fingerprint density at radius 1 is 0.950 bits per heavy atom. The van der Waals surface area contributed by atoms with E-state index in [4.69, 9.17) is 0 Å². The Hall–Kier alpha value is -2.15. The van der Waals surface area contributed by atoms with Crippen molar-refractivity contribution in [2.75, 3.05) is 0 Å². The summed E-state index contributed by atoms with van der Waals surface area (Å²) in [5, 5.41) is 0. The second-order valence-electron chi connectivity index (χ2n) is 5.08. The van der Waals surface area contributed by atoms with Gasteiger partial charge in [-0.05, 0) is 48.6 Å². The first-order valence-electron chi connectivity index (χ1n) is 6.98. The highest BCUT2D eigenvalue weighted by Gasteiger charge is 2.01. The van der Waals surface area contributed by atoms with Crippen LogP contribution in [0, 0.1) is 13.8 Å². The van der Waals surface area contributed by atoms with Gasteiger partial charge in [0.25, 0.3) is 0 Å². The quantitative estimate of drug-likeness (QED) is 0.726. The molecule has 0 atom stereocenters. The van der Waals surface area contributed by atoms with E-state index in [2.05, 4.69) is 32.0 Å². The first-order valence-corrected chi connectivity index (χ1v) is 6.98. The summed E-state index contributed by atoms with van der Waals surface area (Å²) in [6.45, 7) is 4.14. The molecule has 2 rings (SSSR count). The molecule has 0 saturated heterocycles. The Morgan fingerprint density at radius 3 is 2.30 bits per heavy atom. The zero-order valence-corrected chi connectivity index (χ0v) is 12.1. The summed E-state index contributed by atoms with van der Waals surface area (Å²) < 4.78 is 0. The fourth-order valence-corrected chi connectivity index (χ4v) is 2.19. The van der Waals surface area contributed by atoms with E-state index in [0.29, 0.717) is 6.42 Å². The van der Waals surface area contributed by atoms with Crippen molar-refractivity contribution in [3.8, 4) is 0 Å². The van der Waals surface area contributed by atoms with Gasteiger partial charge in [0.15, 0.2) is 5.78 Å². The maximum absolute atomic E-state index is 11.9. The summed E-state index contributed by atoms with van der Waals surface area (Å²) in [7, 11) is 0. The van der Waals surface area contributed by atoms with Crippen LogP contribution in [0.1, 0.15) is 28.7 Å². The van der Waals surface area contributed by atoms with Crippen molar-refractivity contribution in [2.24, 2.45) is 0 Å². The zero-order chi connectivity index (χ0) is 14.4. The molecule has 2 aromatic carbocycles. The first kappa shape index (κ1) is 14.3. The fourth-order valence-electron chi connectivity index (χ4n) is 2.19. The highest BCUT2D eigenvalue weighted by molar-refractivity contribution is 5.93. The van der Waals surface area contributed by atoms with Crippen LogP contribution in [0.15, 0.2) is 54.6 Å². The van der Waals surface area contributed by atoms with Crippen LogP contribution in [0.2, 0.25) is 0 Å². The third-order valence-electron chi connectivity index (χ3n) is 3.54. The van der Waals surface area contributed by atoms with Crippen LogP contribution in [0.3, 0.4) is 0 Å². The van der Waals surface area contributed by atoms with Gasteiger partial charge in [0.2, 0.25) is 0 Å². The molecule has 1 heteroatoms. The van der Waals surface area contributed by atoms with Gasteiger partial charge in [0.05, 0.1) is 0 Å². The van der Waals surface area contributed by atoms with Gasteiger partial charge in [-0.3, -0.25) is 4.79 Å². The van der Waals surface area contributed by atoms with Crippen LogP contribution in [0.4, 0.5) is 0 Å². The van der Waals surface area contributed by atoms with E-state index in [0.717, 1.165) is 12.0 Å². The molecule has 0 heterocycles. The second-order valence-corrected chi connectivity index (χ2v) is 5.08. The minimum Gasteiger partial charge on any atom is -0.295 e. The van der Waals surface area contributed by atoms with E-state index in [1.54, 1.807) is 6.08 Å². The van der Waals surface area contributed by atoms with Crippen LogP contribution >= 0.6 is 0 Å². The highest BCUT2D eigenvalue weighted by Crippen LogP contribution is 2.11. The SMILES string of the molecule is Cc1ccccc1/C=C/C(=O)CCc1ccccc1C. The lowest BCUT2D eigenvalue weighted by Gasteiger charge is -2.03. The Kier molecular flexibility index (Phi) is 4.89. The summed E-state index contributed by atoms with van der Waals surface area (Å²) in [5.41, 5.74) is 4.81. The molecule has 0 aliphatic carbocycles. The van der Waals surface area contributed by atoms with Crippen LogP contribution < -0.4 is 0 Å². The van der Waals surface area contributed by atoms with E-state index < -0.39 is 0 Å². The van der Waals surface area contributed by atoms with Crippen molar-refractivity contribution in [3.63, 3.8) is 0 Å². The molecule has 1 nitrogen and oxygen atoms in total. The van der Waals surface area contributed by atoms with Crippen molar-refractivity contribution in [1.82, 2.24) is 0 Å². The van der Waals surface area contributed by atoms with E-state index in [-0.39, 0.29) is 5.78 Å². The average Bonchev–Trinajstić information content (AvgIpc) is 2.45. The van der Waals surface area contributed by atoms with E-state index in [1.807, 2.05) is 36.4 Å². The Bertz CT molecular complexity index is 623. The maximum Gasteiger partial charge on any atom is 0.156 e. The average molecular weight is 264 g/mol. The molecule has 0 aromatic heterocycles. The fraction of sp³-hybridized carbons (Fsp3) is 0.211. The summed E-state index contributed by atoms with van der Waals surface area (Å²) >= 11 is 0. The molecule has 102 valence electrons. The number of aryl methyl sites for hydroxylation is 3. The summed E-state index contributed by atoms with van der Waals surface area (Å²) in [4.78, 5) is 11.9. The lowest BCUT2D eigenvalue weighted by Crippen LogP contribution is -1.97. The predicted octanol–water partition coefficient (Wildman–Crippen LogP) is 4.52. The minimum atomic E-state index is 0.177. The molecule has 0 N–H and O–H groups in total. The molecular weight excluding hydrogens is 244 g/mol. The summed E-state index contributed by atoms with van der Waals surface area (Å²) in [5.74, 6) is 0.177. The van der Waals surface area contributed by atoms with Gasteiger partial charge in [-0.2, -0.15) is 0 Å². The Morgan fingerprint density at radius 2 is 1.60 bits per heavy atom. The molecule has 0 unspecified atom stereocenters. The Balaban J connectivity index is 1.93. The molecule has 0 radical (unpaired) electrons. The predicted molar refractivity (Wildman–Crippen MR) is 84.7 cm³/mol. The highest BCUT2D eigenvalue weighted by atomic mass is 16.1. The van der Waals surface area contributed by atoms with E-state index >= 15 is 0 Å². The Labute approximate surface area is 121 Å². The number of ketones is 1. The zero-order valence-electron chi connectivity index (χ0n) is 12.1. The van der Waals surface area contributed by atoms with Gasteiger partial charge in [0.1, 0.15) is 0 Å². The van der Waals surface area contributed by atoms with Crippen molar-refractivity contribution in [3.05, 3.63) is 76.9 Å². The first-order chi connectivity index (χ1) is 9.66. The molecule has 0 bridgehead atoms. The normalized spacial score (nSPS) is 10.9. The molecule has 0 saturated carbocycles. The molecule has 0 aliphatic heterocycles. The van der Waals surface area contributed by atoms with Crippen LogP contribution in [0.5, 0.6) is 0 Å². The number of carbonyl (C=O) groups excluding carboxylic acids is 1. The lowest BCUT2D eigenvalue weighted by molar-refractivity contribution is -0.114. The van der Waals surface area contributed by atoms with Gasteiger partial charge < -0.3 is 0 Å². The van der Waals surface area contributed by atoms with Crippen molar-refractivity contribution >= 4 is 11.9 Å². The smallest absolute Gasteiger partial charge is 0.156 e. The van der Waals surface area contributed by atoms with Gasteiger partial charge in [-0.25, -0.2) is 0 Å². The van der Waals surface area contributed by atoms with E-state index in [1.165, 1.54) is 16.7 Å². The van der Waals surface area contributed by atoms with Gasteiger partial charge in [-0.1, -0.05) is 54.6 Å². The van der Waals surface area contributed by atoms with Crippen LogP contribution in [0.25, 0.3) is 6.08 Å². The van der Waals surface area contributed by atoms with Gasteiger partial charge in [0, 0.05) is 6.42 Å². The largest absolute Gasteiger partial charge is 0.295 e. The number of hydrogen-bond donors (Lipinski definition) is 0. The lowest BCUT2D eigenvalue weighted by atomic mass is 10.0. The molecule has 0 spiro atoms. The van der Waals surface area contributed by atoms with Gasteiger partial charge in [-0.15, -0.1) is 0 Å². The van der Waals surface area contributed by atoms with E-state index in [9.17, 15) is 4.79 Å². The van der Waals surface area contributed by atoms with Crippen molar-refractivity contribution in [1.29, 1.82) is 0 Å². The summed E-state index contributed by atoms with van der Waals surface area (Å²) in [6.07, 6.45) is 4.98. The third kappa shape index (κ3) is 3.92. The third-order valence-corrected chi connectivity index (χ3v) is 3.54. The number of benzene rings is 2. The monoisotopic (exact) mass is 264 g/mol. The molecule has 0 fully saturated rings. The topological polar surface area (TPSA) is 17.1 Å². The number of carbonyl (C=O) groups is 1. The maximum atomic E-state index is 11.9. The molecule has 2 aromatic rings. The number of allylic oxidation sites excluding steroid dienone is 1. The number of hydrogen-bond acceptors (Lipinski definition) is 1. The standard InChI is InChI=1S/C19H20O/c1-15-7-3-5-9-17(15)11-13-19(20)14-12-18-10-6-4-8-16(18)2/h3-11,13H,12,14H2,1-2H3/b13-11+. The minimum absolute atomic E-state index is 0.177. The second kappa shape index (κ2) is 6.85. The van der Waals surface area contributed by atoms with Crippen LogP contribution in [-0.4, -0.2) is 5.78 Å². The molecule has 0 amide bonds.